The van der Waals surface area contributed by atoms with Gasteiger partial charge in [0, 0.05) is 18.8 Å². The van der Waals surface area contributed by atoms with Crippen molar-refractivity contribution in [3.05, 3.63) is 69.5 Å². The number of aromatic nitrogens is 3. The van der Waals surface area contributed by atoms with Gasteiger partial charge in [0.05, 0.1) is 39.7 Å². The van der Waals surface area contributed by atoms with Crippen molar-refractivity contribution in [3.63, 3.8) is 0 Å². The van der Waals surface area contributed by atoms with Crippen LogP contribution in [-0.2, 0) is 11.3 Å². The highest BCUT2D eigenvalue weighted by Gasteiger charge is 2.23. The van der Waals surface area contributed by atoms with E-state index in [0.717, 1.165) is 49.4 Å². The van der Waals surface area contributed by atoms with Gasteiger partial charge < -0.3 is 14.7 Å². The molecule has 0 aliphatic carbocycles. The van der Waals surface area contributed by atoms with Gasteiger partial charge in [0.25, 0.3) is 0 Å². The maximum Gasteiger partial charge on any atom is 0.335 e. The highest BCUT2D eigenvalue weighted by molar-refractivity contribution is 6.37. The minimum absolute atomic E-state index is 0.0911. The monoisotopic (exact) mass is 502 g/mol. The van der Waals surface area contributed by atoms with E-state index in [-0.39, 0.29) is 12.0 Å². The molecule has 4 rings (SSSR count). The first-order valence-electron chi connectivity index (χ1n) is 11.4. The SMILES string of the molecule is CC(C)c1nnn(-c2c(Cl)cccc2Cl)c1COC1CCCN(c2ccc(C(=O)O)cc2)CC1. The lowest BCUT2D eigenvalue weighted by atomic mass is 10.1. The number of anilines is 1. The molecule has 1 aromatic heterocycles. The van der Waals surface area contributed by atoms with E-state index in [1.807, 2.05) is 12.1 Å². The molecule has 34 heavy (non-hydrogen) atoms. The molecule has 9 heteroatoms. The number of benzene rings is 2. The largest absolute Gasteiger partial charge is 0.478 e. The van der Waals surface area contributed by atoms with Crippen LogP contribution in [0.2, 0.25) is 10.0 Å². The standard InChI is InChI=1S/C25H28Cl2N4O3/c1-16(2)23-22(31(29-28-23)24-20(26)6-3-7-21(24)27)15-34-19-5-4-13-30(14-12-19)18-10-8-17(9-11-18)25(32)33/h3,6-11,16,19H,4-5,12-15H2,1-2H3,(H,32,33). The molecule has 1 N–H and O–H groups in total. The van der Waals surface area contributed by atoms with Gasteiger partial charge in [0.1, 0.15) is 5.69 Å². The summed E-state index contributed by atoms with van der Waals surface area (Å²) < 4.78 is 8.08. The number of carboxylic acid groups (broad SMARTS) is 1. The van der Waals surface area contributed by atoms with Crippen molar-refractivity contribution >= 4 is 34.9 Å². The Kier molecular flexibility index (Phi) is 7.76. The maximum atomic E-state index is 11.1. The van der Waals surface area contributed by atoms with Gasteiger partial charge in [-0.05, 0) is 61.6 Å². The van der Waals surface area contributed by atoms with Crippen LogP contribution >= 0.6 is 23.2 Å². The first-order chi connectivity index (χ1) is 16.3. The van der Waals surface area contributed by atoms with E-state index < -0.39 is 5.97 Å². The number of ether oxygens (including phenoxy) is 1. The Morgan fingerprint density at radius 2 is 1.82 bits per heavy atom. The van der Waals surface area contributed by atoms with Gasteiger partial charge in [-0.1, -0.05) is 48.3 Å². The Labute approximate surface area is 209 Å². The van der Waals surface area contributed by atoms with Gasteiger partial charge in [0.2, 0.25) is 0 Å². The summed E-state index contributed by atoms with van der Waals surface area (Å²) in [5, 5.41) is 18.9. The van der Waals surface area contributed by atoms with Gasteiger partial charge in [-0.25, -0.2) is 9.48 Å². The summed E-state index contributed by atoms with van der Waals surface area (Å²) in [6.07, 6.45) is 2.88. The Balaban J connectivity index is 1.46. The Morgan fingerprint density at radius 1 is 1.12 bits per heavy atom. The predicted octanol–water partition coefficient (Wildman–Crippen LogP) is 5.97. The van der Waals surface area contributed by atoms with Crippen LogP contribution in [0.1, 0.15) is 60.8 Å². The minimum Gasteiger partial charge on any atom is -0.478 e. The molecule has 0 saturated carbocycles. The zero-order valence-electron chi connectivity index (χ0n) is 19.2. The quantitative estimate of drug-likeness (QED) is 0.428. The van der Waals surface area contributed by atoms with E-state index in [9.17, 15) is 4.79 Å². The fourth-order valence-electron chi connectivity index (χ4n) is 4.27. The van der Waals surface area contributed by atoms with Crippen molar-refractivity contribution in [2.24, 2.45) is 0 Å². The van der Waals surface area contributed by atoms with Crippen LogP contribution in [0.4, 0.5) is 5.69 Å². The van der Waals surface area contributed by atoms with E-state index in [1.165, 1.54) is 0 Å². The fourth-order valence-corrected chi connectivity index (χ4v) is 4.83. The normalized spacial score (nSPS) is 16.6. The smallest absolute Gasteiger partial charge is 0.335 e. The number of para-hydroxylation sites is 1. The molecule has 0 radical (unpaired) electrons. The highest BCUT2D eigenvalue weighted by Crippen LogP contribution is 2.31. The second-order valence-electron chi connectivity index (χ2n) is 8.76. The van der Waals surface area contributed by atoms with Gasteiger partial charge in [-0.15, -0.1) is 5.10 Å². The third-order valence-corrected chi connectivity index (χ3v) is 6.71. The molecule has 7 nitrogen and oxygen atoms in total. The zero-order valence-corrected chi connectivity index (χ0v) is 20.8. The molecular formula is C25H28Cl2N4O3. The number of hydrogen-bond acceptors (Lipinski definition) is 5. The Hall–Kier alpha value is -2.61. The van der Waals surface area contributed by atoms with Gasteiger partial charge in [0.15, 0.2) is 0 Å². The van der Waals surface area contributed by atoms with Crippen molar-refractivity contribution in [1.29, 1.82) is 0 Å². The van der Waals surface area contributed by atoms with E-state index in [1.54, 1.807) is 35.0 Å². The summed E-state index contributed by atoms with van der Waals surface area (Å²) in [7, 11) is 0. The summed E-state index contributed by atoms with van der Waals surface area (Å²) in [4.78, 5) is 13.4. The average Bonchev–Trinajstić information content (AvgIpc) is 3.07. The lowest BCUT2D eigenvalue weighted by molar-refractivity contribution is 0.0301. The average molecular weight is 503 g/mol. The number of carboxylic acids is 1. The molecule has 2 aromatic carbocycles. The molecular weight excluding hydrogens is 475 g/mol. The van der Waals surface area contributed by atoms with Crippen LogP contribution in [0.15, 0.2) is 42.5 Å². The Morgan fingerprint density at radius 3 is 2.47 bits per heavy atom. The van der Waals surface area contributed by atoms with Crippen LogP contribution in [-0.4, -0.2) is 45.3 Å². The third kappa shape index (κ3) is 5.37. The number of hydrogen-bond donors (Lipinski definition) is 1. The first kappa shape index (κ1) is 24.5. The van der Waals surface area contributed by atoms with Crippen LogP contribution in [0.5, 0.6) is 0 Å². The summed E-state index contributed by atoms with van der Waals surface area (Å²) >= 11 is 12.9. The molecule has 2 heterocycles. The molecule has 1 aliphatic heterocycles. The highest BCUT2D eigenvalue weighted by atomic mass is 35.5. The van der Waals surface area contributed by atoms with Gasteiger partial charge >= 0.3 is 5.97 Å². The van der Waals surface area contributed by atoms with Crippen molar-refractivity contribution in [2.45, 2.75) is 51.7 Å². The second kappa shape index (κ2) is 10.8. The lowest BCUT2D eigenvalue weighted by Gasteiger charge is -2.23. The molecule has 3 aromatic rings. The third-order valence-electron chi connectivity index (χ3n) is 6.10. The van der Waals surface area contributed by atoms with E-state index >= 15 is 0 Å². The van der Waals surface area contributed by atoms with Gasteiger partial charge in [-0.3, -0.25) is 0 Å². The molecule has 1 atom stereocenters. The number of rotatable bonds is 7. The van der Waals surface area contributed by atoms with Crippen LogP contribution < -0.4 is 4.90 Å². The lowest BCUT2D eigenvalue weighted by Crippen LogP contribution is -2.25. The summed E-state index contributed by atoms with van der Waals surface area (Å²) in [6, 6.07) is 12.4. The fraction of sp³-hybridized carbons (Fsp3) is 0.400. The minimum atomic E-state index is -0.913. The van der Waals surface area contributed by atoms with Crippen LogP contribution in [0.25, 0.3) is 5.69 Å². The number of nitrogens with zero attached hydrogens (tertiary/aromatic N) is 4. The topological polar surface area (TPSA) is 80.5 Å². The van der Waals surface area contributed by atoms with Crippen LogP contribution in [0.3, 0.4) is 0 Å². The predicted molar refractivity (Wildman–Crippen MR) is 134 cm³/mol. The molecule has 1 fully saturated rings. The zero-order chi connectivity index (χ0) is 24.2. The van der Waals surface area contributed by atoms with E-state index in [2.05, 4.69) is 29.1 Å². The first-order valence-corrected chi connectivity index (χ1v) is 12.2. The molecule has 180 valence electrons. The molecule has 1 saturated heterocycles. The second-order valence-corrected chi connectivity index (χ2v) is 9.58. The van der Waals surface area contributed by atoms with Crippen molar-refractivity contribution in [3.8, 4) is 5.69 Å². The Bertz CT molecular complexity index is 1130. The molecule has 0 amide bonds. The van der Waals surface area contributed by atoms with Crippen LogP contribution in [0, 0.1) is 0 Å². The van der Waals surface area contributed by atoms with Crippen molar-refractivity contribution in [2.75, 3.05) is 18.0 Å². The number of aromatic carboxylic acids is 1. The summed E-state index contributed by atoms with van der Waals surface area (Å²) in [5.74, 6) is -0.740. The summed E-state index contributed by atoms with van der Waals surface area (Å²) in [5.41, 5.74) is 3.66. The van der Waals surface area contributed by atoms with E-state index in [4.69, 9.17) is 33.0 Å². The number of halogens is 2. The molecule has 0 spiro atoms. The van der Waals surface area contributed by atoms with Crippen molar-refractivity contribution < 1.29 is 14.6 Å². The summed E-state index contributed by atoms with van der Waals surface area (Å²) in [6.45, 7) is 6.25. The molecule has 1 aliphatic rings. The maximum absolute atomic E-state index is 11.1. The molecule has 0 bridgehead atoms. The van der Waals surface area contributed by atoms with Crippen molar-refractivity contribution in [1.82, 2.24) is 15.0 Å². The molecule has 1 unspecified atom stereocenters. The van der Waals surface area contributed by atoms with Gasteiger partial charge in [-0.2, -0.15) is 0 Å². The van der Waals surface area contributed by atoms with E-state index in [0.29, 0.717) is 27.9 Å². The number of carbonyl (C=O) groups is 1.